The van der Waals surface area contributed by atoms with Crippen LogP contribution < -0.4 is 71.2 Å². The Bertz CT molecular complexity index is 1730. The third-order valence-corrected chi connectivity index (χ3v) is 12.6. The molecule has 0 fully saturated rings. The number of rotatable bonds is 44. The van der Waals surface area contributed by atoms with Crippen molar-refractivity contribution >= 4 is 53.2 Å². The zero-order chi connectivity index (χ0) is 57.8. The van der Waals surface area contributed by atoms with Gasteiger partial charge in [-0.25, -0.2) is 0 Å². The summed E-state index contributed by atoms with van der Waals surface area (Å²) in [5, 5.41) is 23.2. The first kappa shape index (κ1) is 71.1. The highest BCUT2D eigenvalue weighted by atomic mass is 16.2. The zero-order valence-electron chi connectivity index (χ0n) is 48.0. The van der Waals surface area contributed by atoms with Crippen LogP contribution in [0, 0.1) is 23.7 Å². The topological polar surface area (TPSA) is 380 Å². The molecule has 0 aliphatic heterocycles. The van der Waals surface area contributed by atoms with Crippen molar-refractivity contribution in [1.29, 1.82) is 0 Å². The molecule has 0 aromatic heterocycles. The maximum absolute atomic E-state index is 14.2. The summed E-state index contributed by atoms with van der Waals surface area (Å²) in [6.07, 6.45) is 7.16. The molecule has 22 heteroatoms. The summed E-state index contributed by atoms with van der Waals surface area (Å²) in [5.74, 6) is -3.80. The van der Waals surface area contributed by atoms with Gasteiger partial charge in [0.25, 0.3) is 0 Å². The van der Waals surface area contributed by atoms with Crippen molar-refractivity contribution in [3.63, 3.8) is 0 Å². The van der Waals surface area contributed by atoms with E-state index in [2.05, 4.69) is 42.5 Å². The summed E-state index contributed by atoms with van der Waals surface area (Å²) in [6.45, 7) is 18.6. The first-order valence-corrected chi connectivity index (χ1v) is 28.3. The lowest BCUT2D eigenvalue weighted by atomic mass is 9.97. The van der Waals surface area contributed by atoms with Gasteiger partial charge in [-0.15, -0.1) is 0 Å². The van der Waals surface area contributed by atoms with Crippen LogP contribution >= 0.6 is 0 Å². The Labute approximate surface area is 455 Å². The Morgan fingerprint density at radius 3 is 0.855 bits per heavy atom. The molecule has 9 amide bonds. The Morgan fingerprint density at radius 2 is 0.579 bits per heavy atom. The predicted molar refractivity (Wildman–Crippen MR) is 298 cm³/mol. The summed E-state index contributed by atoms with van der Waals surface area (Å²) in [7, 11) is 0. The van der Waals surface area contributed by atoms with E-state index in [4.69, 9.17) is 28.7 Å². The number of hydrogen-bond acceptors (Lipinski definition) is 13. The first-order chi connectivity index (χ1) is 35.8. The van der Waals surface area contributed by atoms with E-state index in [0.29, 0.717) is 110 Å². The lowest BCUT2D eigenvalue weighted by Crippen LogP contribution is -2.56. The van der Waals surface area contributed by atoms with Crippen LogP contribution in [0.5, 0.6) is 0 Å². The lowest BCUT2D eigenvalue weighted by Gasteiger charge is -2.28. The highest BCUT2D eigenvalue weighted by Crippen LogP contribution is 2.16. The van der Waals surface area contributed by atoms with Gasteiger partial charge in [0.2, 0.25) is 53.2 Å². The third kappa shape index (κ3) is 35.4. The minimum atomic E-state index is -1.05. The van der Waals surface area contributed by atoms with Crippen molar-refractivity contribution in [2.75, 3.05) is 26.2 Å². The summed E-state index contributed by atoms with van der Waals surface area (Å²) < 4.78 is 0. The third-order valence-electron chi connectivity index (χ3n) is 12.6. The van der Waals surface area contributed by atoms with Crippen molar-refractivity contribution in [3.05, 3.63) is 0 Å². The number of unbranched alkanes of at least 4 members (excludes halogenated alkanes) is 4. The first-order valence-electron chi connectivity index (χ1n) is 28.3. The molecule has 0 radical (unpaired) electrons. The molecule has 440 valence electrons. The molecule has 0 heterocycles. The number of hydrogen-bond donors (Lipinski definition) is 13. The average molecular weight is 1080 g/mol. The van der Waals surface area contributed by atoms with Gasteiger partial charge in [-0.05, 0) is 153 Å². The van der Waals surface area contributed by atoms with Crippen LogP contribution in [-0.4, -0.2) is 128 Å². The maximum atomic E-state index is 14.2. The smallest absolute Gasteiger partial charge is 0.243 e. The minimum absolute atomic E-state index is 0.0140. The lowest BCUT2D eigenvalue weighted by molar-refractivity contribution is -0.133. The highest BCUT2D eigenvalue weighted by molar-refractivity contribution is 5.93. The molecule has 8 atom stereocenters. The molecule has 0 saturated heterocycles. The van der Waals surface area contributed by atoms with E-state index in [1.165, 1.54) is 6.92 Å². The molecular weight excluding hydrogens is 975 g/mol. The molecule has 22 nitrogen and oxygen atoms in total. The van der Waals surface area contributed by atoms with Gasteiger partial charge >= 0.3 is 0 Å². The quantitative estimate of drug-likeness (QED) is 0.0387. The van der Waals surface area contributed by atoms with Crippen molar-refractivity contribution < 1.29 is 43.2 Å². The van der Waals surface area contributed by atoms with Gasteiger partial charge in [0.15, 0.2) is 0 Å². The normalized spacial score (nSPS) is 14.6. The number of carbonyl (C=O) groups excluding carboxylic acids is 9. The van der Waals surface area contributed by atoms with Gasteiger partial charge < -0.3 is 71.2 Å². The second-order valence-electron chi connectivity index (χ2n) is 22.4. The Kier molecular flexibility index (Phi) is 38.5. The monoisotopic (exact) mass is 1080 g/mol. The molecule has 0 rings (SSSR count). The predicted octanol–water partition coefficient (Wildman–Crippen LogP) is 1.63. The van der Waals surface area contributed by atoms with Gasteiger partial charge in [-0.1, -0.05) is 55.4 Å². The molecule has 0 aromatic rings. The molecule has 0 aromatic carbocycles. The van der Waals surface area contributed by atoms with Crippen molar-refractivity contribution in [3.8, 4) is 0 Å². The Balaban J connectivity index is 6.41. The Morgan fingerprint density at radius 1 is 0.329 bits per heavy atom. The summed E-state index contributed by atoms with van der Waals surface area (Å²) in [6, 6.07) is -6.23. The number of carbonyl (C=O) groups is 9. The van der Waals surface area contributed by atoms with Gasteiger partial charge in [0.1, 0.15) is 24.2 Å². The molecule has 18 N–H and O–H groups in total. The minimum Gasteiger partial charge on any atom is -0.370 e. The highest BCUT2D eigenvalue weighted by Gasteiger charge is 2.32. The van der Waals surface area contributed by atoms with E-state index in [-0.39, 0.29) is 80.4 Å². The van der Waals surface area contributed by atoms with Gasteiger partial charge in [-0.2, -0.15) is 0 Å². The largest absolute Gasteiger partial charge is 0.370 e. The molecular formula is C54H105N13O9. The van der Waals surface area contributed by atoms with E-state index in [1.807, 2.05) is 55.4 Å². The van der Waals surface area contributed by atoms with E-state index >= 15 is 0 Å². The number of amides is 9. The van der Waals surface area contributed by atoms with Crippen LogP contribution in [0.2, 0.25) is 0 Å². The summed E-state index contributed by atoms with van der Waals surface area (Å²) >= 11 is 0. The van der Waals surface area contributed by atoms with Crippen molar-refractivity contribution in [2.24, 2.45) is 52.3 Å². The molecule has 0 saturated carbocycles. The van der Waals surface area contributed by atoms with Gasteiger partial charge in [-0.3, -0.25) is 43.2 Å². The average Bonchev–Trinajstić information content (AvgIpc) is 3.28. The van der Waals surface area contributed by atoms with E-state index in [0.717, 1.165) is 0 Å². The van der Waals surface area contributed by atoms with Crippen LogP contribution in [0.3, 0.4) is 0 Å². The Hall–Kier alpha value is -4.93. The molecule has 0 aliphatic carbocycles. The SMILES string of the molecule is CC(=O)N[C@H](CCCCN)C(=O)N[C@@H](CCCCN)C(=O)N[C@H](CC(=O)N[C@H](CC(=O)N[C@H](CCCCN)C(=O)N[C@@H](CCCCN)C(=O)N[C@H](CC(=O)N[C@H](CC(N)=O)CC(C)C)CC(C)C)CC(C)C)CC(C)C. The van der Waals surface area contributed by atoms with E-state index in [9.17, 15) is 43.2 Å². The maximum Gasteiger partial charge on any atom is 0.243 e. The van der Waals surface area contributed by atoms with Crippen molar-refractivity contribution in [1.82, 2.24) is 42.5 Å². The summed E-state index contributed by atoms with van der Waals surface area (Å²) in [4.78, 5) is 121. The fourth-order valence-electron chi connectivity index (χ4n) is 9.23. The molecule has 0 spiro atoms. The fraction of sp³-hybridized carbons (Fsp3) is 0.833. The number of nitrogens with one attached hydrogen (secondary N) is 8. The van der Waals surface area contributed by atoms with E-state index in [1.54, 1.807) is 0 Å². The zero-order valence-corrected chi connectivity index (χ0v) is 48.0. The van der Waals surface area contributed by atoms with Crippen LogP contribution in [-0.2, 0) is 43.2 Å². The molecule has 76 heavy (non-hydrogen) atoms. The molecule has 0 aliphatic rings. The molecule has 0 bridgehead atoms. The summed E-state index contributed by atoms with van der Waals surface area (Å²) in [5.41, 5.74) is 28.5. The van der Waals surface area contributed by atoms with Crippen LogP contribution in [0.15, 0.2) is 0 Å². The van der Waals surface area contributed by atoms with Gasteiger partial charge in [0.05, 0.1) is 0 Å². The number of nitrogens with two attached hydrogens (primary N) is 5. The van der Waals surface area contributed by atoms with E-state index < -0.39 is 89.7 Å². The second-order valence-corrected chi connectivity index (χ2v) is 22.4. The second kappa shape index (κ2) is 41.2. The number of primary amides is 1. The molecule has 0 unspecified atom stereocenters. The van der Waals surface area contributed by atoms with Crippen LogP contribution in [0.25, 0.3) is 0 Å². The standard InChI is InChI=1S/C54H105N13O9/c1-34(2)26-39(30-47(59)69)61-48(70)32-41(28-36(5)6)63-52(74)46(21-13-17-25-58)67-54(76)44(19-11-15-23-56)65-50(72)31-40(27-35(3)4)62-49(71)33-42(29-37(7)8)64-51(73)45(20-12-16-24-57)66-53(75)43(60-38(9)68)18-10-14-22-55/h34-37,39-46H,10-33,55-58H2,1-9H3,(H2,59,69)(H,60,68)(H,61,70)(H,62,71)(H,63,74)(H,64,73)(H,65,72)(H,66,75)(H,67,76)/t39-,40-,41-,42-,43+,44+,45-,46-/m0/s1. The van der Waals surface area contributed by atoms with Crippen LogP contribution in [0.1, 0.15) is 191 Å². The van der Waals surface area contributed by atoms with Gasteiger partial charge in [0, 0.05) is 56.8 Å². The fourth-order valence-corrected chi connectivity index (χ4v) is 9.23. The van der Waals surface area contributed by atoms with Crippen molar-refractivity contribution in [2.45, 2.75) is 239 Å². The van der Waals surface area contributed by atoms with Crippen LogP contribution in [0.4, 0.5) is 0 Å².